The first-order valence-corrected chi connectivity index (χ1v) is 5.28. The molecule has 0 radical (unpaired) electrons. The van der Waals surface area contributed by atoms with Crippen molar-refractivity contribution in [2.75, 3.05) is 46.4 Å². The molecule has 0 unspecified atom stereocenters. The smallest absolute Gasteiger partial charge is 0.0936 e. The first-order valence-electron chi connectivity index (χ1n) is 5.28. The summed E-state index contributed by atoms with van der Waals surface area (Å²) in [5.41, 5.74) is 0.670. The third kappa shape index (κ3) is 1.49. The Morgan fingerprint density at radius 2 is 2.15 bits per heavy atom. The van der Waals surface area contributed by atoms with Gasteiger partial charge in [0.05, 0.1) is 12.7 Å². The molecule has 0 bridgehead atoms. The highest BCUT2D eigenvalue weighted by atomic mass is 16.6. The predicted molar refractivity (Wildman–Crippen MR) is 50.7 cm³/mol. The van der Waals surface area contributed by atoms with Crippen LogP contribution in [0.4, 0.5) is 0 Å². The molecule has 74 valence electrons. The van der Waals surface area contributed by atoms with Crippen LogP contribution in [0.1, 0.15) is 6.42 Å². The number of hydrogen-bond acceptors (Lipinski definition) is 3. The summed E-state index contributed by atoms with van der Waals surface area (Å²) in [6.45, 7) is 7.43. The minimum absolute atomic E-state index is 0.577. The highest BCUT2D eigenvalue weighted by molar-refractivity contribution is 5.00. The van der Waals surface area contributed by atoms with E-state index < -0.39 is 0 Å². The van der Waals surface area contributed by atoms with Crippen molar-refractivity contribution in [3.63, 3.8) is 0 Å². The van der Waals surface area contributed by atoms with Crippen LogP contribution in [0, 0.1) is 5.41 Å². The number of ether oxygens (including phenoxy) is 1. The molecular formula is C10H18N2O. The Morgan fingerprint density at radius 3 is 2.77 bits per heavy atom. The second-order valence-electron chi connectivity index (χ2n) is 5.11. The van der Waals surface area contributed by atoms with E-state index in [4.69, 9.17) is 4.74 Å². The number of rotatable bonds is 2. The standard InChI is InChI=1S/C10H18N2O/c1-11-6-10(7-11)2-3-12(8-10)4-9-5-13-9/h9H,2-8H2,1H3/t9-/m0/s1. The molecule has 3 aliphatic heterocycles. The first kappa shape index (κ1) is 8.21. The van der Waals surface area contributed by atoms with Crippen LogP contribution in [-0.2, 0) is 4.74 Å². The zero-order valence-electron chi connectivity index (χ0n) is 8.33. The molecule has 0 aliphatic carbocycles. The molecule has 0 N–H and O–H groups in total. The lowest BCUT2D eigenvalue weighted by Gasteiger charge is -2.46. The van der Waals surface area contributed by atoms with E-state index in [1.807, 2.05) is 0 Å². The normalized spacial score (nSPS) is 38.1. The molecule has 0 aromatic carbocycles. The van der Waals surface area contributed by atoms with Gasteiger partial charge in [-0.1, -0.05) is 0 Å². The molecule has 1 spiro atoms. The number of nitrogens with zero attached hydrogens (tertiary/aromatic N) is 2. The molecule has 0 amide bonds. The van der Waals surface area contributed by atoms with Crippen LogP contribution in [0.3, 0.4) is 0 Å². The fraction of sp³-hybridized carbons (Fsp3) is 1.00. The van der Waals surface area contributed by atoms with Crippen molar-refractivity contribution in [1.82, 2.24) is 9.80 Å². The Labute approximate surface area is 79.6 Å². The Hall–Kier alpha value is -0.120. The monoisotopic (exact) mass is 182 g/mol. The zero-order chi connectivity index (χ0) is 8.89. The Morgan fingerprint density at radius 1 is 1.38 bits per heavy atom. The fourth-order valence-electron chi connectivity index (χ4n) is 3.00. The van der Waals surface area contributed by atoms with Gasteiger partial charge in [-0.15, -0.1) is 0 Å². The third-order valence-electron chi connectivity index (χ3n) is 3.59. The lowest BCUT2D eigenvalue weighted by Crippen LogP contribution is -2.55. The maximum atomic E-state index is 5.26. The molecule has 3 fully saturated rings. The zero-order valence-corrected chi connectivity index (χ0v) is 8.33. The summed E-state index contributed by atoms with van der Waals surface area (Å²) < 4.78 is 5.26. The molecule has 3 heteroatoms. The van der Waals surface area contributed by atoms with Crippen LogP contribution in [0.15, 0.2) is 0 Å². The number of hydrogen-bond donors (Lipinski definition) is 0. The van der Waals surface area contributed by atoms with E-state index in [2.05, 4.69) is 16.8 Å². The summed E-state index contributed by atoms with van der Waals surface area (Å²) in [7, 11) is 2.22. The minimum Gasteiger partial charge on any atom is -0.372 e. The average Bonchev–Trinajstić information content (AvgIpc) is 2.72. The second-order valence-corrected chi connectivity index (χ2v) is 5.11. The van der Waals surface area contributed by atoms with Gasteiger partial charge in [0.25, 0.3) is 0 Å². The summed E-state index contributed by atoms with van der Waals surface area (Å²) >= 11 is 0. The van der Waals surface area contributed by atoms with Gasteiger partial charge >= 0.3 is 0 Å². The lowest BCUT2D eigenvalue weighted by molar-refractivity contribution is 0.0303. The van der Waals surface area contributed by atoms with E-state index in [-0.39, 0.29) is 0 Å². The molecule has 3 nitrogen and oxygen atoms in total. The van der Waals surface area contributed by atoms with Crippen molar-refractivity contribution < 1.29 is 4.74 Å². The Kier molecular flexibility index (Phi) is 1.70. The van der Waals surface area contributed by atoms with Gasteiger partial charge in [0.2, 0.25) is 0 Å². The predicted octanol–water partition coefficient (Wildman–Crippen LogP) is 0.0227. The Bertz CT molecular complexity index is 209. The highest BCUT2D eigenvalue weighted by Gasteiger charge is 2.46. The Balaban J connectivity index is 1.53. The molecular weight excluding hydrogens is 164 g/mol. The fourth-order valence-corrected chi connectivity index (χ4v) is 3.00. The van der Waals surface area contributed by atoms with E-state index in [0.29, 0.717) is 11.5 Å². The van der Waals surface area contributed by atoms with Crippen LogP contribution in [-0.4, -0.2) is 62.3 Å². The molecule has 0 saturated carbocycles. The van der Waals surface area contributed by atoms with E-state index in [1.165, 1.54) is 39.1 Å². The van der Waals surface area contributed by atoms with Crippen molar-refractivity contribution in [3.8, 4) is 0 Å². The van der Waals surface area contributed by atoms with Gasteiger partial charge in [-0.3, -0.25) is 4.90 Å². The van der Waals surface area contributed by atoms with Crippen molar-refractivity contribution in [2.45, 2.75) is 12.5 Å². The van der Waals surface area contributed by atoms with Crippen molar-refractivity contribution >= 4 is 0 Å². The molecule has 3 rings (SSSR count). The summed E-state index contributed by atoms with van der Waals surface area (Å²) in [5, 5.41) is 0. The summed E-state index contributed by atoms with van der Waals surface area (Å²) in [6, 6.07) is 0. The molecule has 3 aliphatic rings. The van der Waals surface area contributed by atoms with Crippen LogP contribution in [0.5, 0.6) is 0 Å². The van der Waals surface area contributed by atoms with Crippen LogP contribution >= 0.6 is 0 Å². The number of likely N-dealkylation sites (tertiary alicyclic amines) is 2. The second kappa shape index (κ2) is 2.69. The van der Waals surface area contributed by atoms with Gasteiger partial charge in [0.15, 0.2) is 0 Å². The van der Waals surface area contributed by atoms with Gasteiger partial charge in [0.1, 0.15) is 0 Å². The van der Waals surface area contributed by atoms with E-state index in [1.54, 1.807) is 0 Å². The van der Waals surface area contributed by atoms with Gasteiger partial charge in [0, 0.05) is 31.6 Å². The van der Waals surface area contributed by atoms with Gasteiger partial charge in [-0.2, -0.15) is 0 Å². The van der Waals surface area contributed by atoms with Crippen molar-refractivity contribution in [3.05, 3.63) is 0 Å². The summed E-state index contributed by atoms with van der Waals surface area (Å²) in [4.78, 5) is 5.02. The SMILES string of the molecule is CN1CC2(CCN(C[C@H]3CO3)C2)C1. The quantitative estimate of drug-likeness (QED) is 0.561. The van der Waals surface area contributed by atoms with Crippen molar-refractivity contribution in [1.29, 1.82) is 0 Å². The first-order chi connectivity index (χ1) is 6.26. The average molecular weight is 182 g/mol. The maximum Gasteiger partial charge on any atom is 0.0936 e. The van der Waals surface area contributed by atoms with Gasteiger partial charge in [-0.05, 0) is 20.0 Å². The summed E-state index contributed by atoms with van der Waals surface area (Å²) in [6.07, 6.45) is 1.98. The van der Waals surface area contributed by atoms with E-state index >= 15 is 0 Å². The third-order valence-corrected chi connectivity index (χ3v) is 3.59. The minimum atomic E-state index is 0.577. The molecule has 1 atom stereocenters. The van der Waals surface area contributed by atoms with Crippen LogP contribution in [0.25, 0.3) is 0 Å². The maximum absolute atomic E-state index is 5.26. The van der Waals surface area contributed by atoms with E-state index in [9.17, 15) is 0 Å². The van der Waals surface area contributed by atoms with Gasteiger partial charge in [-0.25, -0.2) is 0 Å². The highest BCUT2D eigenvalue weighted by Crippen LogP contribution is 2.38. The molecule has 0 aromatic heterocycles. The van der Waals surface area contributed by atoms with Crippen molar-refractivity contribution in [2.24, 2.45) is 5.41 Å². The van der Waals surface area contributed by atoms with Crippen LogP contribution < -0.4 is 0 Å². The molecule has 13 heavy (non-hydrogen) atoms. The van der Waals surface area contributed by atoms with Gasteiger partial charge < -0.3 is 9.64 Å². The number of epoxide rings is 1. The largest absolute Gasteiger partial charge is 0.372 e. The molecule has 0 aromatic rings. The molecule has 3 saturated heterocycles. The van der Waals surface area contributed by atoms with Crippen LogP contribution in [0.2, 0.25) is 0 Å². The summed E-state index contributed by atoms with van der Waals surface area (Å²) in [5.74, 6) is 0. The molecule has 3 heterocycles. The topological polar surface area (TPSA) is 19.0 Å². The lowest BCUT2D eigenvalue weighted by atomic mass is 9.79. The van der Waals surface area contributed by atoms with E-state index in [0.717, 1.165) is 6.61 Å².